The maximum atomic E-state index is 11.3. The van der Waals surface area contributed by atoms with Gasteiger partial charge in [0.2, 0.25) is 5.91 Å². The molecule has 0 bridgehead atoms. The Labute approximate surface area is 84.9 Å². The lowest BCUT2D eigenvalue weighted by atomic mass is 10.3. The minimum absolute atomic E-state index is 0.0212. The van der Waals surface area contributed by atoms with Crippen LogP contribution < -0.4 is 0 Å². The molecule has 1 saturated heterocycles. The molecule has 0 aromatic heterocycles. The van der Waals surface area contributed by atoms with E-state index in [0.717, 1.165) is 6.54 Å². The summed E-state index contributed by atoms with van der Waals surface area (Å²) >= 11 is 0. The standard InChI is InChI=1S/C10H18N2O2/c1-8(2)11(3)4-5-12-7-9(13)6-10(12)14/h8H,4-7H2,1-3H3. The van der Waals surface area contributed by atoms with E-state index in [2.05, 4.69) is 18.7 Å². The van der Waals surface area contributed by atoms with Crippen molar-refractivity contribution in [3.05, 3.63) is 0 Å². The maximum Gasteiger partial charge on any atom is 0.230 e. The predicted octanol–water partition coefficient (Wildman–Crippen LogP) is 0.128. The van der Waals surface area contributed by atoms with Crippen molar-refractivity contribution in [1.82, 2.24) is 9.80 Å². The van der Waals surface area contributed by atoms with Crippen molar-refractivity contribution in [3.8, 4) is 0 Å². The third kappa shape index (κ3) is 2.80. The SMILES string of the molecule is CC(C)N(C)CCN1CC(=O)CC1=O. The molecule has 0 unspecified atom stereocenters. The highest BCUT2D eigenvalue weighted by Gasteiger charge is 2.26. The fourth-order valence-corrected chi connectivity index (χ4v) is 1.38. The van der Waals surface area contributed by atoms with Crippen LogP contribution in [0, 0.1) is 0 Å². The van der Waals surface area contributed by atoms with Gasteiger partial charge >= 0.3 is 0 Å². The smallest absolute Gasteiger partial charge is 0.230 e. The van der Waals surface area contributed by atoms with Gasteiger partial charge in [0.25, 0.3) is 0 Å². The Kier molecular flexibility index (Phi) is 3.63. The number of amides is 1. The predicted molar refractivity (Wildman–Crippen MR) is 54.0 cm³/mol. The van der Waals surface area contributed by atoms with E-state index >= 15 is 0 Å². The molecule has 4 heteroatoms. The van der Waals surface area contributed by atoms with Crippen LogP contribution in [0.4, 0.5) is 0 Å². The Morgan fingerprint density at radius 1 is 1.43 bits per heavy atom. The summed E-state index contributed by atoms with van der Waals surface area (Å²) in [4.78, 5) is 26.0. The highest BCUT2D eigenvalue weighted by atomic mass is 16.2. The quantitative estimate of drug-likeness (QED) is 0.603. The minimum atomic E-state index is -0.0212. The zero-order valence-electron chi connectivity index (χ0n) is 9.12. The van der Waals surface area contributed by atoms with Gasteiger partial charge in [0.05, 0.1) is 13.0 Å². The third-order valence-corrected chi connectivity index (χ3v) is 2.67. The molecule has 1 aliphatic heterocycles. The summed E-state index contributed by atoms with van der Waals surface area (Å²) in [5.41, 5.74) is 0. The van der Waals surface area contributed by atoms with Gasteiger partial charge in [-0.2, -0.15) is 0 Å². The summed E-state index contributed by atoms with van der Waals surface area (Å²) in [6.07, 6.45) is 0.103. The molecule has 0 radical (unpaired) electrons. The molecule has 80 valence electrons. The van der Waals surface area contributed by atoms with Crippen molar-refractivity contribution in [2.24, 2.45) is 0 Å². The van der Waals surface area contributed by atoms with E-state index in [9.17, 15) is 9.59 Å². The molecule has 1 fully saturated rings. The number of hydrogen-bond acceptors (Lipinski definition) is 3. The molecule has 14 heavy (non-hydrogen) atoms. The summed E-state index contributed by atoms with van der Waals surface area (Å²) in [5, 5.41) is 0. The lowest BCUT2D eigenvalue weighted by Crippen LogP contribution is -2.37. The molecule has 4 nitrogen and oxygen atoms in total. The Morgan fingerprint density at radius 3 is 2.50 bits per heavy atom. The lowest BCUT2D eigenvalue weighted by Gasteiger charge is -2.24. The normalized spacial score (nSPS) is 17.6. The highest BCUT2D eigenvalue weighted by Crippen LogP contribution is 2.06. The second kappa shape index (κ2) is 4.55. The second-order valence-corrected chi connectivity index (χ2v) is 4.11. The molecule has 0 aromatic rings. The first-order valence-corrected chi connectivity index (χ1v) is 5.00. The van der Waals surface area contributed by atoms with Gasteiger partial charge in [0.1, 0.15) is 0 Å². The first-order chi connectivity index (χ1) is 6.50. The van der Waals surface area contributed by atoms with Crippen LogP contribution in [-0.4, -0.2) is 54.2 Å². The van der Waals surface area contributed by atoms with Crippen LogP contribution >= 0.6 is 0 Å². The van der Waals surface area contributed by atoms with Gasteiger partial charge in [-0.1, -0.05) is 0 Å². The van der Waals surface area contributed by atoms with Crippen molar-refractivity contribution in [1.29, 1.82) is 0 Å². The number of carbonyl (C=O) groups excluding carboxylic acids is 2. The summed E-state index contributed by atoms with van der Waals surface area (Å²) in [6.45, 7) is 6.02. The average Bonchev–Trinajstić information content (AvgIpc) is 2.40. The number of ketones is 1. The summed E-state index contributed by atoms with van der Waals surface area (Å²) in [5.74, 6) is 0.0226. The molecule has 1 heterocycles. The second-order valence-electron chi connectivity index (χ2n) is 4.11. The Hall–Kier alpha value is -0.900. The molecule has 0 aromatic carbocycles. The summed E-state index contributed by atoms with van der Waals surface area (Å²) < 4.78 is 0. The first kappa shape index (κ1) is 11.2. The molecule has 0 atom stereocenters. The van der Waals surface area contributed by atoms with Gasteiger partial charge in [-0.15, -0.1) is 0 Å². The fraction of sp³-hybridized carbons (Fsp3) is 0.800. The average molecular weight is 198 g/mol. The highest BCUT2D eigenvalue weighted by molar-refractivity contribution is 6.05. The molecule has 1 amide bonds. The van der Waals surface area contributed by atoms with Crippen LogP contribution in [0.25, 0.3) is 0 Å². The topological polar surface area (TPSA) is 40.6 Å². The van der Waals surface area contributed by atoms with Crippen LogP contribution in [0.15, 0.2) is 0 Å². The molecule has 0 spiro atoms. The molecule has 0 aliphatic carbocycles. The van der Waals surface area contributed by atoms with Crippen molar-refractivity contribution in [3.63, 3.8) is 0 Å². The number of nitrogens with zero attached hydrogens (tertiary/aromatic N) is 2. The van der Waals surface area contributed by atoms with E-state index in [4.69, 9.17) is 0 Å². The van der Waals surface area contributed by atoms with Gasteiger partial charge in [0.15, 0.2) is 5.78 Å². The molecule has 0 saturated carbocycles. The van der Waals surface area contributed by atoms with E-state index in [1.165, 1.54) is 0 Å². The van der Waals surface area contributed by atoms with Crippen molar-refractivity contribution in [2.45, 2.75) is 26.3 Å². The van der Waals surface area contributed by atoms with E-state index in [0.29, 0.717) is 19.1 Å². The largest absolute Gasteiger partial charge is 0.334 e. The summed E-state index contributed by atoms with van der Waals surface area (Å²) in [6, 6.07) is 0.475. The van der Waals surface area contributed by atoms with Crippen molar-refractivity contribution >= 4 is 11.7 Å². The van der Waals surface area contributed by atoms with Crippen LogP contribution in [-0.2, 0) is 9.59 Å². The maximum absolute atomic E-state index is 11.3. The van der Waals surface area contributed by atoms with E-state index in [1.807, 2.05) is 7.05 Å². The number of Topliss-reactive ketones (excluding diaryl/α,β-unsaturated/α-hetero) is 1. The molecule has 1 rings (SSSR count). The van der Waals surface area contributed by atoms with Gasteiger partial charge < -0.3 is 9.80 Å². The number of carbonyl (C=O) groups is 2. The minimum Gasteiger partial charge on any atom is -0.334 e. The third-order valence-electron chi connectivity index (χ3n) is 2.67. The zero-order chi connectivity index (χ0) is 10.7. The fourth-order valence-electron chi connectivity index (χ4n) is 1.38. The number of likely N-dealkylation sites (N-methyl/N-ethyl adjacent to an activating group) is 1. The van der Waals surface area contributed by atoms with Crippen LogP contribution in [0.1, 0.15) is 20.3 Å². The Balaban J connectivity index is 2.32. The number of likely N-dealkylation sites (tertiary alicyclic amines) is 1. The number of hydrogen-bond donors (Lipinski definition) is 0. The Bertz CT molecular complexity index is 238. The number of rotatable bonds is 4. The van der Waals surface area contributed by atoms with Gasteiger partial charge in [0, 0.05) is 19.1 Å². The van der Waals surface area contributed by atoms with Crippen LogP contribution in [0.3, 0.4) is 0 Å². The van der Waals surface area contributed by atoms with Crippen molar-refractivity contribution in [2.75, 3.05) is 26.7 Å². The monoisotopic (exact) mass is 198 g/mol. The summed E-state index contributed by atoms with van der Waals surface area (Å²) in [7, 11) is 2.02. The molecular formula is C10H18N2O2. The van der Waals surface area contributed by atoms with E-state index < -0.39 is 0 Å². The zero-order valence-corrected chi connectivity index (χ0v) is 9.12. The van der Waals surface area contributed by atoms with Crippen molar-refractivity contribution < 1.29 is 9.59 Å². The molecular weight excluding hydrogens is 180 g/mol. The van der Waals surface area contributed by atoms with Crippen LogP contribution in [0.2, 0.25) is 0 Å². The van der Waals surface area contributed by atoms with Crippen LogP contribution in [0.5, 0.6) is 0 Å². The van der Waals surface area contributed by atoms with Gasteiger partial charge in [-0.05, 0) is 20.9 Å². The molecule has 0 N–H and O–H groups in total. The molecule has 1 aliphatic rings. The van der Waals surface area contributed by atoms with E-state index in [1.54, 1.807) is 4.90 Å². The Morgan fingerprint density at radius 2 is 2.07 bits per heavy atom. The lowest BCUT2D eigenvalue weighted by molar-refractivity contribution is -0.128. The van der Waals surface area contributed by atoms with E-state index in [-0.39, 0.29) is 18.1 Å². The van der Waals surface area contributed by atoms with Gasteiger partial charge in [-0.25, -0.2) is 0 Å². The first-order valence-electron chi connectivity index (χ1n) is 5.00. The van der Waals surface area contributed by atoms with Gasteiger partial charge in [-0.3, -0.25) is 9.59 Å².